The molecular weight excluding hydrogens is 250 g/mol. The summed E-state index contributed by atoms with van der Waals surface area (Å²) in [5.74, 6) is -0.456. The van der Waals surface area contributed by atoms with E-state index in [-0.39, 0.29) is 5.69 Å². The number of nitriles is 1. The van der Waals surface area contributed by atoms with Crippen LogP contribution < -0.4 is 0 Å². The topological polar surface area (TPSA) is 75.9 Å². The molecule has 0 aliphatic carbocycles. The Bertz CT molecular complexity index is 616. The van der Waals surface area contributed by atoms with Crippen molar-refractivity contribution in [1.82, 2.24) is 9.97 Å². The number of esters is 1. The van der Waals surface area contributed by atoms with Crippen LogP contribution in [0.1, 0.15) is 23.1 Å². The number of aromatic nitrogens is 2. The average molecular weight is 259 g/mol. The van der Waals surface area contributed by atoms with Gasteiger partial charge in [-0.05, 0) is 19.1 Å². The summed E-state index contributed by atoms with van der Waals surface area (Å²) < 4.78 is 4.86. The summed E-state index contributed by atoms with van der Waals surface area (Å²) in [5.41, 5.74) is 1.17. The van der Waals surface area contributed by atoms with Gasteiger partial charge in [-0.2, -0.15) is 5.26 Å². The molecule has 5 nitrogen and oxygen atoms in total. The summed E-state index contributed by atoms with van der Waals surface area (Å²) in [5, 5.41) is 11.2. The van der Waals surface area contributed by atoms with E-state index in [1.165, 1.54) is 11.3 Å². The molecule has 2 heterocycles. The summed E-state index contributed by atoms with van der Waals surface area (Å²) in [6.07, 6.45) is 1.54. The van der Waals surface area contributed by atoms with Gasteiger partial charge in [-0.3, -0.25) is 0 Å². The van der Waals surface area contributed by atoms with Gasteiger partial charge < -0.3 is 4.74 Å². The Hall–Kier alpha value is -2.26. The van der Waals surface area contributed by atoms with Crippen LogP contribution in [0.5, 0.6) is 0 Å². The first-order valence-electron chi connectivity index (χ1n) is 5.24. The highest BCUT2D eigenvalue weighted by molar-refractivity contribution is 7.13. The molecule has 0 spiro atoms. The first-order valence-corrected chi connectivity index (χ1v) is 6.12. The van der Waals surface area contributed by atoms with Crippen molar-refractivity contribution in [3.8, 4) is 16.6 Å². The van der Waals surface area contributed by atoms with Crippen LogP contribution in [0.15, 0.2) is 23.7 Å². The third-order valence-electron chi connectivity index (χ3n) is 2.13. The molecule has 0 N–H and O–H groups in total. The lowest BCUT2D eigenvalue weighted by Gasteiger charge is -1.98. The molecule has 0 radical (unpaired) electrons. The molecule has 0 amide bonds. The largest absolute Gasteiger partial charge is 0.461 e. The first-order chi connectivity index (χ1) is 8.76. The fourth-order valence-electron chi connectivity index (χ4n) is 1.36. The van der Waals surface area contributed by atoms with Crippen LogP contribution >= 0.6 is 11.3 Å². The number of pyridine rings is 1. The van der Waals surface area contributed by atoms with Crippen molar-refractivity contribution in [3.05, 3.63) is 35.1 Å². The monoisotopic (exact) mass is 259 g/mol. The Morgan fingerprint density at radius 1 is 1.61 bits per heavy atom. The average Bonchev–Trinajstić information content (AvgIpc) is 2.88. The summed E-state index contributed by atoms with van der Waals surface area (Å²) in [7, 11) is 0. The first kappa shape index (κ1) is 12.2. The number of ether oxygens (including phenoxy) is 1. The third kappa shape index (κ3) is 2.36. The van der Waals surface area contributed by atoms with Crippen LogP contribution in [0.25, 0.3) is 10.6 Å². The number of thiazole rings is 1. The Kier molecular flexibility index (Phi) is 3.65. The van der Waals surface area contributed by atoms with Crippen LogP contribution in [0.2, 0.25) is 0 Å². The van der Waals surface area contributed by atoms with Crippen molar-refractivity contribution in [3.63, 3.8) is 0 Å². The maximum atomic E-state index is 11.5. The molecule has 0 fully saturated rings. The SMILES string of the molecule is CCOC(=O)c1csc(-c2cccnc2C#N)n1. The number of carbonyl (C=O) groups is 1. The Morgan fingerprint density at radius 3 is 3.17 bits per heavy atom. The molecule has 0 bridgehead atoms. The predicted octanol–water partition coefficient (Wildman–Crippen LogP) is 2.25. The van der Waals surface area contributed by atoms with E-state index in [2.05, 4.69) is 9.97 Å². The molecule has 2 rings (SSSR count). The van der Waals surface area contributed by atoms with Gasteiger partial charge in [0.1, 0.15) is 11.1 Å². The van der Waals surface area contributed by atoms with Gasteiger partial charge in [-0.15, -0.1) is 11.3 Å². The maximum Gasteiger partial charge on any atom is 0.357 e. The van der Waals surface area contributed by atoms with E-state index in [0.717, 1.165) is 0 Å². The molecule has 0 aliphatic rings. The summed E-state index contributed by atoms with van der Waals surface area (Å²) in [4.78, 5) is 19.6. The van der Waals surface area contributed by atoms with Crippen LogP contribution in [-0.4, -0.2) is 22.5 Å². The molecule has 2 aromatic rings. The summed E-state index contributed by atoms with van der Waals surface area (Å²) in [6.45, 7) is 2.04. The zero-order valence-corrected chi connectivity index (χ0v) is 10.4. The van der Waals surface area contributed by atoms with Crippen molar-refractivity contribution in [2.45, 2.75) is 6.92 Å². The van der Waals surface area contributed by atoms with E-state index in [1.54, 1.807) is 30.6 Å². The number of nitrogens with zero attached hydrogens (tertiary/aromatic N) is 3. The van der Waals surface area contributed by atoms with Crippen molar-refractivity contribution in [2.24, 2.45) is 0 Å². The van der Waals surface area contributed by atoms with Gasteiger partial charge in [0.25, 0.3) is 0 Å². The Balaban J connectivity index is 2.36. The fourth-order valence-corrected chi connectivity index (χ4v) is 2.18. The van der Waals surface area contributed by atoms with Gasteiger partial charge in [0.05, 0.1) is 6.61 Å². The Labute approximate surface area is 108 Å². The highest BCUT2D eigenvalue weighted by Gasteiger charge is 2.14. The van der Waals surface area contributed by atoms with Gasteiger partial charge in [-0.1, -0.05) is 0 Å². The lowest BCUT2D eigenvalue weighted by atomic mass is 10.2. The number of rotatable bonds is 3. The molecular formula is C12H9N3O2S. The minimum Gasteiger partial charge on any atom is -0.461 e. The van der Waals surface area contributed by atoms with Crippen LogP contribution in [-0.2, 0) is 4.74 Å². The highest BCUT2D eigenvalue weighted by atomic mass is 32.1. The molecule has 18 heavy (non-hydrogen) atoms. The van der Waals surface area contributed by atoms with Gasteiger partial charge in [0.15, 0.2) is 11.4 Å². The third-order valence-corrected chi connectivity index (χ3v) is 3.01. The summed E-state index contributed by atoms with van der Waals surface area (Å²) >= 11 is 1.28. The minimum absolute atomic E-state index is 0.254. The summed E-state index contributed by atoms with van der Waals surface area (Å²) in [6, 6.07) is 5.47. The van der Waals surface area contributed by atoms with Crippen molar-refractivity contribution in [1.29, 1.82) is 5.26 Å². The minimum atomic E-state index is -0.456. The highest BCUT2D eigenvalue weighted by Crippen LogP contribution is 2.25. The van der Waals surface area contributed by atoms with Gasteiger partial charge in [0, 0.05) is 17.1 Å². The van der Waals surface area contributed by atoms with E-state index in [1.807, 2.05) is 6.07 Å². The van der Waals surface area contributed by atoms with Gasteiger partial charge in [-0.25, -0.2) is 14.8 Å². The Morgan fingerprint density at radius 2 is 2.44 bits per heavy atom. The second-order valence-electron chi connectivity index (χ2n) is 3.27. The van der Waals surface area contributed by atoms with Gasteiger partial charge in [0.2, 0.25) is 0 Å². The van der Waals surface area contributed by atoms with Crippen LogP contribution in [0.3, 0.4) is 0 Å². The molecule has 0 saturated heterocycles. The lowest BCUT2D eigenvalue weighted by Crippen LogP contribution is -2.04. The van der Waals surface area contributed by atoms with Gasteiger partial charge >= 0.3 is 5.97 Å². The van der Waals surface area contributed by atoms with Crippen LogP contribution in [0.4, 0.5) is 0 Å². The maximum absolute atomic E-state index is 11.5. The molecule has 0 aromatic carbocycles. The molecule has 6 heteroatoms. The molecule has 0 unspecified atom stereocenters. The standard InChI is InChI=1S/C12H9N3O2S/c1-2-17-12(16)10-7-18-11(15-10)8-4-3-5-14-9(8)6-13/h3-5,7H,2H2,1H3. The van der Waals surface area contributed by atoms with Crippen molar-refractivity contribution >= 4 is 17.3 Å². The van der Waals surface area contributed by atoms with Crippen molar-refractivity contribution in [2.75, 3.05) is 6.61 Å². The number of hydrogen-bond donors (Lipinski definition) is 0. The van der Waals surface area contributed by atoms with E-state index in [0.29, 0.717) is 22.9 Å². The normalized spacial score (nSPS) is 9.78. The van der Waals surface area contributed by atoms with E-state index >= 15 is 0 Å². The lowest BCUT2D eigenvalue weighted by molar-refractivity contribution is 0.0520. The van der Waals surface area contributed by atoms with E-state index in [4.69, 9.17) is 10.00 Å². The second kappa shape index (κ2) is 5.38. The van der Waals surface area contributed by atoms with E-state index < -0.39 is 5.97 Å². The second-order valence-corrected chi connectivity index (χ2v) is 4.13. The quantitative estimate of drug-likeness (QED) is 0.790. The zero-order chi connectivity index (χ0) is 13.0. The zero-order valence-electron chi connectivity index (χ0n) is 9.58. The molecule has 0 aliphatic heterocycles. The smallest absolute Gasteiger partial charge is 0.357 e. The fraction of sp³-hybridized carbons (Fsp3) is 0.167. The molecule has 0 saturated carbocycles. The molecule has 2 aromatic heterocycles. The molecule has 90 valence electrons. The van der Waals surface area contributed by atoms with E-state index in [9.17, 15) is 4.79 Å². The number of carbonyl (C=O) groups excluding carboxylic acids is 1. The van der Waals surface area contributed by atoms with Crippen molar-refractivity contribution < 1.29 is 9.53 Å². The van der Waals surface area contributed by atoms with Crippen LogP contribution in [0, 0.1) is 11.3 Å². The number of hydrogen-bond acceptors (Lipinski definition) is 6. The predicted molar refractivity (Wildman–Crippen MR) is 66.0 cm³/mol. The molecule has 0 atom stereocenters.